The zero-order valence-electron chi connectivity index (χ0n) is 14.8. The Morgan fingerprint density at radius 3 is 2.62 bits per heavy atom. The number of carbonyl (C=O) groups excluding carboxylic acids is 3. The third kappa shape index (κ3) is 2.71. The smallest absolute Gasteiger partial charge is 0.255 e. The van der Waals surface area contributed by atoms with Crippen molar-refractivity contribution in [3.63, 3.8) is 0 Å². The van der Waals surface area contributed by atoms with Crippen LogP contribution in [0, 0.1) is 0 Å². The topological polar surface area (TPSA) is 89.9 Å². The Kier molecular flexibility index (Phi) is 4.08. The van der Waals surface area contributed by atoms with Crippen LogP contribution in [0.1, 0.15) is 47.2 Å². The van der Waals surface area contributed by atoms with Crippen LogP contribution >= 0.6 is 0 Å². The monoisotopic (exact) mass is 357 g/mol. The van der Waals surface area contributed by atoms with Crippen LogP contribution in [0.5, 0.6) is 0 Å². The average molecular weight is 357 g/mol. The molecule has 0 radical (unpaired) electrons. The maximum Gasteiger partial charge on any atom is 0.255 e. The van der Waals surface area contributed by atoms with Gasteiger partial charge < -0.3 is 14.9 Å². The van der Waals surface area contributed by atoms with Gasteiger partial charge in [0.1, 0.15) is 6.04 Å². The van der Waals surface area contributed by atoms with Gasteiger partial charge in [-0.3, -0.25) is 19.7 Å². The zero-order valence-corrected chi connectivity index (χ0v) is 14.8. The number of amides is 3. The van der Waals surface area contributed by atoms with E-state index in [9.17, 15) is 19.5 Å². The van der Waals surface area contributed by atoms with Gasteiger partial charge in [0.2, 0.25) is 11.8 Å². The summed E-state index contributed by atoms with van der Waals surface area (Å²) in [6, 6.07) is 4.82. The van der Waals surface area contributed by atoms with Crippen LogP contribution in [-0.2, 0) is 21.7 Å². The minimum absolute atomic E-state index is 0.201. The fourth-order valence-corrected chi connectivity index (χ4v) is 4.28. The molecule has 1 unspecified atom stereocenters. The van der Waals surface area contributed by atoms with Gasteiger partial charge in [0.15, 0.2) is 0 Å². The van der Waals surface area contributed by atoms with Gasteiger partial charge in [0.05, 0.1) is 5.60 Å². The first kappa shape index (κ1) is 17.2. The summed E-state index contributed by atoms with van der Waals surface area (Å²) in [6.45, 7) is 1.89. The SMILES string of the molecule is CN1CCC(O)(c2cccc3c2CN(C2CCC(=O)NC2=O)C3=O)CC1. The number of hydrogen-bond acceptors (Lipinski definition) is 5. The standard InChI is InChI=1S/C19H23N3O4/c1-21-9-7-19(26,8-10-21)14-4-2-3-12-13(14)11-22(18(12)25)15-5-6-16(23)20-17(15)24/h2-4,15,26H,5-11H2,1H3,(H,20,23,24). The third-order valence-electron chi connectivity index (χ3n) is 5.90. The van der Waals surface area contributed by atoms with Crippen molar-refractivity contribution in [1.82, 2.24) is 15.1 Å². The van der Waals surface area contributed by atoms with Crippen LogP contribution in [0.2, 0.25) is 0 Å². The summed E-state index contributed by atoms with van der Waals surface area (Å²) < 4.78 is 0. The van der Waals surface area contributed by atoms with E-state index in [1.165, 1.54) is 4.90 Å². The van der Waals surface area contributed by atoms with Gasteiger partial charge in [-0.15, -0.1) is 0 Å². The molecule has 0 aromatic heterocycles. The van der Waals surface area contributed by atoms with E-state index in [1.54, 1.807) is 12.1 Å². The Balaban J connectivity index is 1.64. The molecule has 0 bridgehead atoms. The number of hydrogen-bond donors (Lipinski definition) is 2. The van der Waals surface area contributed by atoms with Crippen LogP contribution in [0.4, 0.5) is 0 Å². The van der Waals surface area contributed by atoms with Crippen molar-refractivity contribution in [2.24, 2.45) is 0 Å². The third-order valence-corrected chi connectivity index (χ3v) is 5.90. The lowest BCUT2D eigenvalue weighted by Crippen LogP contribution is -2.52. The summed E-state index contributed by atoms with van der Waals surface area (Å²) in [5, 5.41) is 13.5. The molecule has 3 amide bonds. The number of imide groups is 1. The number of aliphatic hydroxyl groups is 1. The number of carbonyl (C=O) groups is 3. The van der Waals surface area contributed by atoms with Crippen molar-refractivity contribution in [3.8, 4) is 0 Å². The van der Waals surface area contributed by atoms with Crippen LogP contribution in [0.3, 0.4) is 0 Å². The molecule has 3 aliphatic rings. The van der Waals surface area contributed by atoms with E-state index in [1.807, 2.05) is 13.1 Å². The Morgan fingerprint density at radius 1 is 1.19 bits per heavy atom. The highest BCUT2D eigenvalue weighted by Gasteiger charge is 2.43. The number of likely N-dealkylation sites (tertiary alicyclic amines) is 1. The van der Waals surface area contributed by atoms with E-state index in [0.717, 1.165) is 24.2 Å². The van der Waals surface area contributed by atoms with Gasteiger partial charge >= 0.3 is 0 Å². The second-order valence-electron chi connectivity index (χ2n) is 7.57. The molecule has 1 atom stereocenters. The number of benzene rings is 1. The molecule has 0 aliphatic carbocycles. The van der Waals surface area contributed by atoms with Gasteiger partial charge in [-0.1, -0.05) is 12.1 Å². The van der Waals surface area contributed by atoms with E-state index >= 15 is 0 Å². The lowest BCUT2D eigenvalue weighted by Gasteiger charge is -2.38. The second-order valence-corrected chi connectivity index (χ2v) is 7.57. The molecular weight excluding hydrogens is 334 g/mol. The van der Waals surface area contributed by atoms with Gasteiger partial charge in [-0.25, -0.2) is 0 Å². The lowest BCUT2D eigenvalue weighted by molar-refractivity contribution is -0.136. The molecule has 7 nitrogen and oxygen atoms in total. The fraction of sp³-hybridized carbons (Fsp3) is 0.526. The molecule has 1 aromatic carbocycles. The molecule has 4 rings (SSSR count). The zero-order chi connectivity index (χ0) is 18.5. The second kappa shape index (κ2) is 6.17. The van der Waals surface area contributed by atoms with E-state index in [4.69, 9.17) is 0 Å². The molecule has 26 heavy (non-hydrogen) atoms. The van der Waals surface area contributed by atoms with Crippen molar-refractivity contribution >= 4 is 17.7 Å². The van der Waals surface area contributed by atoms with Crippen molar-refractivity contribution in [3.05, 3.63) is 34.9 Å². The largest absolute Gasteiger partial charge is 0.385 e. The summed E-state index contributed by atoms with van der Waals surface area (Å²) in [5.74, 6) is -0.911. The van der Waals surface area contributed by atoms with E-state index in [2.05, 4.69) is 10.2 Å². The fourth-order valence-electron chi connectivity index (χ4n) is 4.28. The molecule has 0 saturated carbocycles. The molecular formula is C19H23N3O4. The van der Waals surface area contributed by atoms with Crippen molar-refractivity contribution in [2.45, 2.75) is 43.9 Å². The highest BCUT2D eigenvalue weighted by Crippen LogP contribution is 2.39. The Bertz CT molecular complexity index is 783. The minimum Gasteiger partial charge on any atom is -0.385 e. The highest BCUT2D eigenvalue weighted by atomic mass is 16.3. The van der Waals surface area contributed by atoms with Crippen LogP contribution in [0.15, 0.2) is 18.2 Å². The Hall–Kier alpha value is -2.25. The Labute approximate surface area is 152 Å². The summed E-state index contributed by atoms with van der Waals surface area (Å²) in [7, 11) is 2.03. The number of nitrogens with one attached hydrogen (secondary N) is 1. The summed E-state index contributed by atoms with van der Waals surface area (Å²) in [6.07, 6.45) is 1.81. The molecule has 3 heterocycles. The van der Waals surface area contributed by atoms with Gasteiger partial charge in [-0.2, -0.15) is 0 Å². The first-order valence-corrected chi connectivity index (χ1v) is 9.07. The number of rotatable bonds is 2. The molecule has 1 aromatic rings. The molecule has 2 saturated heterocycles. The van der Waals surface area contributed by atoms with Gasteiger partial charge in [-0.05, 0) is 43.5 Å². The molecule has 3 aliphatic heterocycles. The molecule has 7 heteroatoms. The van der Waals surface area contributed by atoms with Crippen LogP contribution in [-0.4, -0.2) is 58.8 Å². The summed E-state index contributed by atoms with van der Waals surface area (Å²) in [4.78, 5) is 40.2. The normalized spacial score (nSPS) is 26.0. The van der Waals surface area contributed by atoms with E-state index in [0.29, 0.717) is 31.4 Å². The van der Waals surface area contributed by atoms with Crippen molar-refractivity contribution < 1.29 is 19.5 Å². The summed E-state index contributed by atoms with van der Waals surface area (Å²) in [5.41, 5.74) is 1.22. The molecule has 2 N–H and O–H groups in total. The maximum absolute atomic E-state index is 12.9. The minimum atomic E-state index is -0.946. The lowest BCUT2D eigenvalue weighted by atomic mass is 9.81. The molecule has 138 valence electrons. The maximum atomic E-state index is 12.9. The van der Waals surface area contributed by atoms with Crippen LogP contribution < -0.4 is 5.32 Å². The van der Waals surface area contributed by atoms with Crippen molar-refractivity contribution in [2.75, 3.05) is 20.1 Å². The number of piperidine rings is 2. The average Bonchev–Trinajstić information content (AvgIpc) is 2.95. The van der Waals surface area contributed by atoms with E-state index < -0.39 is 17.6 Å². The first-order chi connectivity index (χ1) is 12.4. The number of nitrogens with zero attached hydrogens (tertiary/aromatic N) is 2. The quantitative estimate of drug-likeness (QED) is 0.746. The van der Waals surface area contributed by atoms with Gasteiger partial charge in [0.25, 0.3) is 5.91 Å². The van der Waals surface area contributed by atoms with Crippen molar-refractivity contribution in [1.29, 1.82) is 0 Å². The predicted molar refractivity (Wildman–Crippen MR) is 93.1 cm³/mol. The highest BCUT2D eigenvalue weighted by molar-refractivity contribution is 6.05. The van der Waals surface area contributed by atoms with E-state index in [-0.39, 0.29) is 18.2 Å². The Morgan fingerprint density at radius 2 is 1.92 bits per heavy atom. The first-order valence-electron chi connectivity index (χ1n) is 9.07. The van der Waals surface area contributed by atoms with Gasteiger partial charge in [0, 0.05) is 31.6 Å². The molecule has 0 spiro atoms. The molecule has 2 fully saturated rings. The summed E-state index contributed by atoms with van der Waals surface area (Å²) >= 11 is 0. The van der Waals surface area contributed by atoms with Crippen LogP contribution in [0.25, 0.3) is 0 Å². The predicted octanol–water partition coefficient (Wildman–Crippen LogP) is 0.361. The number of fused-ring (bicyclic) bond motifs is 1.